The molecule has 0 fully saturated rings. The zero-order valence-corrected chi connectivity index (χ0v) is 7.98. The molecule has 0 radical (unpaired) electrons. The molecule has 0 aliphatic rings. The van der Waals surface area contributed by atoms with Crippen molar-refractivity contribution >= 4 is 5.91 Å². The molecule has 0 bridgehead atoms. The summed E-state index contributed by atoms with van der Waals surface area (Å²) < 4.78 is 0. The maximum absolute atomic E-state index is 11.0. The van der Waals surface area contributed by atoms with E-state index in [-0.39, 0.29) is 13.3 Å². The molecule has 0 aromatic rings. The Morgan fingerprint density at radius 3 is 2.27 bits per heavy atom. The number of carbonyl (C=O) groups excluding carboxylic acids is 1. The van der Waals surface area contributed by atoms with E-state index < -0.39 is 0 Å². The molecule has 1 amide bonds. The number of amides is 1. The van der Waals surface area contributed by atoms with Crippen molar-refractivity contribution in [3.05, 3.63) is 0 Å². The third-order valence-electron chi connectivity index (χ3n) is 1.55. The summed E-state index contributed by atoms with van der Waals surface area (Å²) in [5.41, 5.74) is 0. The topological polar surface area (TPSA) is 29.1 Å². The van der Waals surface area contributed by atoms with E-state index in [9.17, 15) is 4.79 Å². The van der Waals surface area contributed by atoms with Gasteiger partial charge < -0.3 is 5.32 Å². The minimum atomic E-state index is 0. The lowest BCUT2D eigenvalue weighted by Crippen LogP contribution is -2.29. The molecule has 2 heteroatoms. The molecule has 0 aliphatic carbocycles. The Morgan fingerprint density at radius 1 is 1.36 bits per heavy atom. The molecule has 0 atom stereocenters. The molecule has 0 saturated heterocycles. The first-order valence-corrected chi connectivity index (χ1v) is 4.31. The molecule has 0 heterocycles. The summed E-state index contributed by atoms with van der Waals surface area (Å²) in [6.45, 7) is 8.94. The summed E-state index contributed by atoms with van der Waals surface area (Å²) in [6.07, 6.45) is 1.07. The lowest BCUT2D eigenvalue weighted by Gasteiger charge is -2.08. The lowest BCUT2D eigenvalue weighted by atomic mass is 10.1. The maximum atomic E-state index is 11.0. The highest BCUT2D eigenvalue weighted by atomic mass is 16.1. The molecule has 0 aromatic carbocycles. The zero-order valence-electron chi connectivity index (χ0n) is 7.98. The Morgan fingerprint density at radius 2 is 1.91 bits per heavy atom. The monoisotopic (exact) mass is 159 g/mol. The predicted octanol–water partition coefficient (Wildman–Crippen LogP) is 2.05. The zero-order chi connectivity index (χ0) is 8.85. The predicted molar refractivity (Wildman–Crippen MR) is 49.4 cm³/mol. The lowest BCUT2D eigenvalue weighted by molar-refractivity contribution is -0.123. The van der Waals surface area contributed by atoms with E-state index >= 15 is 0 Å². The van der Waals surface area contributed by atoms with Gasteiger partial charge in [-0.3, -0.25) is 4.79 Å². The second-order valence-electron chi connectivity index (χ2n) is 3.63. The molecule has 0 aromatic heterocycles. The molecule has 11 heavy (non-hydrogen) atoms. The Balaban J connectivity index is 0. The van der Waals surface area contributed by atoms with Gasteiger partial charge >= 0.3 is 0 Å². The smallest absolute Gasteiger partial charge is 0.222 e. The van der Waals surface area contributed by atoms with Crippen LogP contribution in [0.1, 0.15) is 35.5 Å². The number of hydrogen-bond donors (Lipinski definition) is 1. The standard InChI is InChI=1S/C9H19NO.H2/c1-7(2)5-6-10-9(11)8(3)4;/h7-8H,5-6H2,1-4H3,(H,10,11);1H. The third-order valence-corrected chi connectivity index (χ3v) is 1.55. The summed E-state index contributed by atoms with van der Waals surface area (Å²) in [5, 5.41) is 2.87. The fourth-order valence-corrected chi connectivity index (χ4v) is 0.688. The Labute approximate surface area is 70.9 Å². The van der Waals surface area contributed by atoms with Gasteiger partial charge in [0.2, 0.25) is 5.91 Å². The first kappa shape index (κ1) is 10.5. The summed E-state index contributed by atoms with van der Waals surface area (Å²) in [7, 11) is 0. The van der Waals surface area contributed by atoms with Gasteiger partial charge in [-0.2, -0.15) is 0 Å². The summed E-state index contributed by atoms with van der Waals surface area (Å²) in [6, 6.07) is 0. The second kappa shape index (κ2) is 5.16. The Kier molecular flexibility index (Phi) is 4.92. The van der Waals surface area contributed by atoms with Gasteiger partial charge in [0.05, 0.1) is 0 Å². The first-order chi connectivity index (χ1) is 5.04. The highest BCUT2D eigenvalue weighted by Gasteiger charge is 2.04. The van der Waals surface area contributed by atoms with Crippen molar-refractivity contribution in [2.45, 2.75) is 34.1 Å². The fourth-order valence-electron chi connectivity index (χ4n) is 0.688. The molecular formula is C9H21NO. The Bertz CT molecular complexity index is 124. The summed E-state index contributed by atoms with van der Waals surface area (Å²) in [4.78, 5) is 11.0. The van der Waals surface area contributed by atoms with Gasteiger partial charge in [-0.25, -0.2) is 0 Å². The normalized spacial score (nSPS) is 10.7. The van der Waals surface area contributed by atoms with Crippen molar-refractivity contribution in [3.8, 4) is 0 Å². The van der Waals surface area contributed by atoms with E-state index in [4.69, 9.17) is 0 Å². The van der Waals surface area contributed by atoms with Crippen LogP contribution in [0, 0.1) is 11.8 Å². The van der Waals surface area contributed by atoms with Crippen LogP contribution in [0.2, 0.25) is 0 Å². The van der Waals surface area contributed by atoms with E-state index in [1.165, 1.54) is 0 Å². The van der Waals surface area contributed by atoms with Gasteiger partial charge in [-0.1, -0.05) is 27.7 Å². The van der Waals surface area contributed by atoms with Crippen molar-refractivity contribution in [1.29, 1.82) is 0 Å². The second-order valence-corrected chi connectivity index (χ2v) is 3.63. The van der Waals surface area contributed by atoms with Crippen LogP contribution in [0.25, 0.3) is 0 Å². The van der Waals surface area contributed by atoms with E-state index in [0.29, 0.717) is 5.92 Å². The molecule has 0 saturated carbocycles. The van der Waals surface area contributed by atoms with Gasteiger partial charge in [0.1, 0.15) is 0 Å². The van der Waals surface area contributed by atoms with Crippen LogP contribution in [0.15, 0.2) is 0 Å². The molecule has 0 unspecified atom stereocenters. The minimum Gasteiger partial charge on any atom is -0.356 e. The van der Waals surface area contributed by atoms with E-state index in [2.05, 4.69) is 19.2 Å². The minimum absolute atomic E-state index is 0. The molecule has 0 aliphatic heterocycles. The molecular weight excluding hydrogens is 138 g/mol. The number of carbonyl (C=O) groups is 1. The van der Waals surface area contributed by atoms with Gasteiger partial charge in [0.25, 0.3) is 0 Å². The highest BCUT2D eigenvalue weighted by Crippen LogP contribution is 1.97. The molecule has 68 valence electrons. The van der Waals surface area contributed by atoms with E-state index in [1.54, 1.807) is 0 Å². The van der Waals surface area contributed by atoms with Crippen LogP contribution in [0.3, 0.4) is 0 Å². The average molecular weight is 159 g/mol. The van der Waals surface area contributed by atoms with Crippen molar-refractivity contribution in [2.24, 2.45) is 11.8 Å². The van der Waals surface area contributed by atoms with Gasteiger partial charge in [0, 0.05) is 13.9 Å². The molecule has 0 rings (SSSR count). The quantitative estimate of drug-likeness (QED) is 0.668. The summed E-state index contributed by atoms with van der Waals surface area (Å²) in [5.74, 6) is 0.940. The van der Waals surface area contributed by atoms with E-state index in [0.717, 1.165) is 13.0 Å². The number of rotatable bonds is 4. The average Bonchev–Trinajstić information content (AvgIpc) is 1.86. The van der Waals surface area contributed by atoms with Crippen LogP contribution in [-0.2, 0) is 4.79 Å². The van der Waals surface area contributed by atoms with Crippen LogP contribution in [-0.4, -0.2) is 12.5 Å². The first-order valence-electron chi connectivity index (χ1n) is 4.31. The summed E-state index contributed by atoms with van der Waals surface area (Å²) >= 11 is 0. The number of nitrogens with one attached hydrogen (secondary N) is 1. The van der Waals surface area contributed by atoms with Crippen molar-refractivity contribution in [2.75, 3.05) is 6.54 Å². The van der Waals surface area contributed by atoms with Crippen LogP contribution >= 0.6 is 0 Å². The van der Waals surface area contributed by atoms with Crippen molar-refractivity contribution in [3.63, 3.8) is 0 Å². The number of hydrogen-bond acceptors (Lipinski definition) is 1. The van der Waals surface area contributed by atoms with Gasteiger partial charge in [-0.05, 0) is 12.3 Å². The van der Waals surface area contributed by atoms with Gasteiger partial charge in [0.15, 0.2) is 0 Å². The fraction of sp³-hybridized carbons (Fsp3) is 0.889. The molecule has 2 nitrogen and oxygen atoms in total. The van der Waals surface area contributed by atoms with Crippen LogP contribution in [0.5, 0.6) is 0 Å². The van der Waals surface area contributed by atoms with Gasteiger partial charge in [-0.15, -0.1) is 0 Å². The van der Waals surface area contributed by atoms with Crippen molar-refractivity contribution in [1.82, 2.24) is 5.32 Å². The van der Waals surface area contributed by atoms with Crippen LogP contribution < -0.4 is 5.32 Å². The molecule has 1 N–H and O–H groups in total. The molecule has 0 spiro atoms. The Hall–Kier alpha value is -0.530. The third kappa shape index (κ3) is 5.89. The largest absolute Gasteiger partial charge is 0.356 e. The van der Waals surface area contributed by atoms with Crippen LogP contribution in [0.4, 0.5) is 0 Å². The maximum Gasteiger partial charge on any atom is 0.222 e. The highest BCUT2D eigenvalue weighted by molar-refractivity contribution is 5.77. The SMILES string of the molecule is CC(C)CCNC(=O)C(C)C.[HH]. The van der Waals surface area contributed by atoms with E-state index in [1.807, 2.05) is 13.8 Å². The van der Waals surface area contributed by atoms with Crippen molar-refractivity contribution < 1.29 is 6.22 Å².